The van der Waals surface area contributed by atoms with Crippen LogP contribution in [-0.2, 0) is 0 Å². The Morgan fingerprint density at radius 3 is 2.81 bits per heavy atom. The van der Waals surface area contributed by atoms with Crippen LogP contribution >= 0.6 is 0 Å². The second-order valence-electron chi connectivity index (χ2n) is 3.58. The topological polar surface area (TPSA) is 35.2 Å². The Labute approximate surface area is 97.8 Å². The molecule has 0 aliphatic carbocycles. The summed E-state index contributed by atoms with van der Waals surface area (Å²) in [7, 11) is 0. The van der Waals surface area contributed by atoms with Gasteiger partial charge in [0.15, 0.2) is 0 Å². The van der Waals surface area contributed by atoms with Gasteiger partial charge in [-0.1, -0.05) is 25.1 Å². The standard InChI is InChI=1S/C14H19NO/c1-3-5-8-11-16-14-10-7-6-9-12(14)13(15)4-2/h6-7,9-10,13H,4,8,11,15H2,1-2H3/t13-/m0/s1. The molecule has 2 N–H and O–H groups in total. The smallest absolute Gasteiger partial charge is 0.124 e. The van der Waals surface area contributed by atoms with Crippen molar-refractivity contribution in [3.8, 4) is 17.6 Å². The molecule has 0 aliphatic rings. The second kappa shape index (κ2) is 6.92. The third-order valence-electron chi connectivity index (χ3n) is 2.42. The normalized spacial score (nSPS) is 11.4. The Balaban J connectivity index is 2.66. The summed E-state index contributed by atoms with van der Waals surface area (Å²) in [5, 5.41) is 0. The lowest BCUT2D eigenvalue weighted by molar-refractivity contribution is 0.321. The van der Waals surface area contributed by atoms with Gasteiger partial charge in [0.25, 0.3) is 0 Å². The highest BCUT2D eigenvalue weighted by Gasteiger charge is 2.09. The molecule has 0 radical (unpaired) electrons. The summed E-state index contributed by atoms with van der Waals surface area (Å²) < 4.78 is 5.68. The highest BCUT2D eigenvalue weighted by atomic mass is 16.5. The lowest BCUT2D eigenvalue weighted by atomic mass is 10.0. The van der Waals surface area contributed by atoms with Gasteiger partial charge in [-0.25, -0.2) is 0 Å². The van der Waals surface area contributed by atoms with Crippen LogP contribution in [0.2, 0.25) is 0 Å². The number of ether oxygens (including phenoxy) is 1. The van der Waals surface area contributed by atoms with Crippen LogP contribution in [0.1, 0.15) is 38.3 Å². The van der Waals surface area contributed by atoms with E-state index in [4.69, 9.17) is 10.5 Å². The summed E-state index contributed by atoms with van der Waals surface area (Å²) in [6.45, 7) is 4.53. The maximum atomic E-state index is 6.02. The Hall–Kier alpha value is -1.46. The first kappa shape index (κ1) is 12.6. The molecule has 16 heavy (non-hydrogen) atoms. The summed E-state index contributed by atoms with van der Waals surface area (Å²) >= 11 is 0. The van der Waals surface area contributed by atoms with E-state index < -0.39 is 0 Å². The maximum Gasteiger partial charge on any atom is 0.124 e. The van der Waals surface area contributed by atoms with Gasteiger partial charge in [0.05, 0.1) is 6.61 Å². The molecule has 1 aromatic carbocycles. The van der Waals surface area contributed by atoms with Gasteiger partial charge in [-0.2, -0.15) is 0 Å². The minimum atomic E-state index is 0.0495. The molecule has 0 bridgehead atoms. The van der Waals surface area contributed by atoms with E-state index in [0.717, 1.165) is 24.2 Å². The molecule has 0 unspecified atom stereocenters. The zero-order valence-corrected chi connectivity index (χ0v) is 9.99. The molecular formula is C14H19NO. The zero-order valence-electron chi connectivity index (χ0n) is 9.99. The van der Waals surface area contributed by atoms with Crippen LogP contribution in [0.25, 0.3) is 0 Å². The van der Waals surface area contributed by atoms with Crippen LogP contribution in [0, 0.1) is 11.8 Å². The van der Waals surface area contributed by atoms with Crippen LogP contribution in [0.4, 0.5) is 0 Å². The number of rotatable bonds is 5. The first-order chi connectivity index (χ1) is 7.79. The van der Waals surface area contributed by atoms with Crippen molar-refractivity contribution in [2.75, 3.05) is 6.61 Å². The average Bonchev–Trinajstić information content (AvgIpc) is 2.34. The molecule has 2 heteroatoms. The second-order valence-corrected chi connectivity index (χ2v) is 3.58. The molecule has 1 rings (SSSR count). The van der Waals surface area contributed by atoms with Crippen LogP contribution in [0.5, 0.6) is 5.75 Å². The monoisotopic (exact) mass is 217 g/mol. The molecule has 1 aromatic rings. The van der Waals surface area contributed by atoms with Gasteiger partial charge < -0.3 is 10.5 Å². The molecule has 0 aromatic heterocycles. The largest absolute Gasteiger partial charge is 0.492 e. The van der Waals surface area contributed by atoms with Crippen LogP contribution in [-0.4, -0.2) is 6.61 Å². The molecule has 0 fully saturated rings. The fourth-order valence-electron chi connectivity index (χ4n) is 1.48. The van der Waals surface area contributed by atoms with E-state index in [1.165, 1.54) is 0 Å². The zero-order chi connectivity index (χ0) is 11.8. The van der Waals surface area contributed by atoms with Crippen molar-refractivity contribution in [1.82, 2.24) is 0 Å². The van der Waals surface area contributed by atoms with E-state index in [1.807, 2.05) is 31.2 Å². The van der Waals surface area contributed by atoms with E-state index in [2.05, 4.69) is 18.8 Å². The molecule has 0 amide bonds. The summed E-state index contributed by atoms with van der Waals surface area (Å²) in [6, 6.07) is 7.99. The maximum absolute atomic E-state index is 6.02. The van der Waals surface area contributed by atoms with Crippen molar-refractivity contribution >= 4 is 0 Å². The molecule has 2 nitrogen and oxygen atoms in total. The van der Waals surface area contributed by atoms with E-state index in [1.54, 1.807) is 0 Å². The van der Waals surface area contributed by atoms with Crippen molar-refractivity contribution in [2.24, 2.45) is 5.73 Å². The van der Waals surface area contributed by atoms with Gasteiger partial charge in [-0.15, -0.1) is 11.8 Å². The summed E-state index contributed by atoms with van der Waals surface area (Å²) in [5.41, 5.74) is 7.10. The summed E-state index contributed by atoms with van der Waals surface area (Å²) in [6.07, 6.45) is 1.67. The summed E-state index contributed by atoms with van der Waals surface area (Å²) in [5.74, 6) is 6.71. The Morgan fingerprint density at radius 1 is 1.38 bits per heavy atom. The highest BCUT2D eigenvalue weighted by molar-refractivity contribution is 5.35. The third kappa shape index (κ3) is 3.60. The van der Waals surface area contributed by atoms with E-state index >= 15 is 0 Å². The van der Waals surface area contributed by atoms with Gasteiger partial charge in [-0.3, -0.25) is 0 Å². The van der Waals surface area contributed by atoms with Gasteiger partial charge in [0.1, 0.15) is 5.75 Å². The first-order valence-electron chi connectivity index (χ1n) is 5.66. The van der Waals surface area contributed by atoms with Crippen LogP contribution in [0.3, 0.4) is 0 Å². The van der Waals surface area contributed by atoms with Crippen LogP contribution in [0.15, 0.2) is 24.3 Å². The van der Waals surface area contributed by atoms with Crippen molar-refractivity contribution < 1.29 is 4.74 Å². The number of hydrogen-bond donors (Lipinski definition) is 1. The Kier molecular flexibility index (Phi) is 5.45. The summed E-state index contributed by atoms with van der Waals surface area (Å²) in [4.78, 5) is 0. The lowest BCUT2D eigenvalue weighted by Crippen LogP contribution is -2.11. The minimum Gasteiger partial charge on any atom is -0.492 e. The number of hydrogen-bond acceptors (Lipinski definition) is 2. The Bertz CT molecular complexity index is 376. The molecule has 0 saturated heterocycles. The number of para-hydroxylation sites is 1. The number of benzene rings is 1. The van der Waals surface area contributed by atoms with Gasteiger partial charge in [0, 0.05) is 18.0 Å². The van der Waals surface area contributed by atoms with E-state index in [-0.39, 0.29) is 6.04 Å². The molecular weight excluding hydrogens is 198 g/mol. The first-order valence-corrected chi connectivity index (χ1v) is 5.66. The predicted molar refractivity (Wildman–Crippen MR) is 67.2 cm³/mol. The molecule has 0 aliphatic heterocycles. The highest BCUT2D eigenvalue weighted by Crippen LogP contribution is 2.25. The van der Waals surface area contributed by atoms with Gasteiger partial charge >= 0.3 is 0 Å². The molecule has 86 valence electrons. The SMILES string of the molecule is CC#CCCOc1ccccc1[C@@H](N)CC. The Morgan fingerprint density at radius 2 is 2.12 bits per heavy atom. The molecule has 0 heterocycles. The molecule has 0 saturated carbocycles. The quantitative estimate of drug-likeness (QED) is 0.608. The van der Waals surface area contributed by atoms with Gasteiger partial charge in [-0.05, 0) is 19.4 Å². The minimum absolute atomic E-state index is 0.0495. The van der Waals surface area contributed by atoms with Gasteiger partial charge in [0.2, 0.25) is 0 Å². The van der Waals surface area contributed by atoms with E-state index in [0.29, 0.717) is 6.61 Å². The van der Waals surface area contributed by atoms with Crippen molar-refractivity contribution in [3.05, 3.63) is 29.8 Å². The van der Waals surface area contributed by atoms with E-state index in [9.17, 15) is 0 Å². The molecule has 0 spiro atoms. The van der Waals surface area contributed by atoms with Crippen molar-refractivity contribution in [1.29, 1.82) is 0 Å². The fraction of sp³-hybridized carbons (Fsp3) is 0.429. The molecule has 1 atom stereocenters. The van der Waals surface area contributed by atoms with Crippen LogP contribution < -0.4 is 10.5 Å². The fourth-order valence-corrected chi connectivity index (χ4v) is 1.48. The van der Waals surface area contributed by atoms with Crippen molar-refractivity contribution in [2.45, 2.75) is 32.7 Å². The average molecular weight is 217 g/mol. The lowest BCUT2D eigenvalue weighted by Gasteiger charge is -2.14. The predicted octanol–water partition coefficient (Wildman–Crippen LogP) is 2.89. The number of nitrogens with two attached hydrogens (primary N) is 1. The van der Waals surface area contributed by atoms with Crippen molar-refractivity contribution in [3.63, 3.8) is 0 Å². The third-order valence-corrected chi connectivity index (χ3v) is 2.42.